The fourth-order valence-corrected chi connectivity index (χ4v) is 2.69. The second-order valence-corrected chi connectivity index (χ2v) is 6.17. The second-order valence-electron chi connectivity index (χ2n) is 4.97. The molecule has 0 spiro atoms. The van der Waals surface area contributed by atoms with Crippen molar-refractivity contribution in [3.05, 3.63) is 71.8 Å². The summed E-state index contributed by atoms with van der Waals surface area (Å²) in [4.78, 5) is 23.2. The standard InChI is InChI=1S/C18H19NO3S/c1-14(20)23-13-17(16-10-6-3-7-11-16)19-18(21)22-12-15-8-4-2-5-9-15/h2-11,17H,12-13H2,1H3,(H,19,21)/t17-/m1/s1. The van der Waals surface area contributed by atoms with Gasteiger partial charge < -0.3 is 10.1 Å². The zero-order chi connectivity index (χ0) is 16.5. The molecule has 0 heterocycles. The summed E-state index contributed by atoms with van der Waals surface area (Å²) in [5.41, 5.74) is 1.87. The van der Waals surface area contributed by atoms with Gasteiger partial charge in [0.15, 0.2) is 5.12 Å². The quantitative estimate of drug-likeness (QED) is 0.872. The Balaban J connectivity index is 1.93. The molecule has 0 bridgehead atoms. The van der Waals surface area contributed by atoms with Crippen molar-refractivity contribution >= 4 is 23.0 Å². The Morgan fingerprint density at radius 2 is 1.65 bits per heavy atom. The second kappa shape index (κ2) is 9.00. The van der Waals surface area contributed by atoms with E-state index in [1.807, 2.05) is 60.7 Å². The van der Waals surface area contributed by atoms with Gasteiger partial charge in [0.2, 0.25) is 0 Å². The van der Waals surface area contributed by atoms with E-state index in [4.69, 9.17) is 4.74 Å². The molecule has 2 rings (SSSR count). The van der Waals surface area contributed by atoms with Crippen LogP contribution >= 0.6 is 11.8 Å². The van der Waals surface area contributed by atoms with E-state index in [1.165, 1.54) is 18.7 Å². The zero-order valence-electron chi connectivity index (χ0n) is 12.9. The molecule has 1 atom stereocenters. The van der Waals surface area contributed by atoms with Crippen LogP contribution in [0.2, 0.25) is 0 Å². The molecule has 0 aliphatic rings. The Labute approximate surface area is 140 Å². The topological polar surface area (TPSA) is 55.4 Å². The van der Waals surface area contributed by atoms with Gasteiger partial charge in [0.25, 0.3) is 0 Å². The lowest BCUT2D eigenvalue weighted by atomic mass is 10.1. The maximum absolute atomic E-state index is 12.0. The van der Waals surface area contributed by atoms with Gasteiger partial charge in [-0.05, 0) is 11.1 Å². The van der Waals surface area contributed by atoms with Crippen molar-refractivity contribution in [2.45, 2.75) is 19.6 Å². The lowest BCUT2D eigenvalue weighted by molar-refractivity contribution is -0.109. The molecular formula is C18H19NO3S. The van der Waals surface area contributed by atoms with E-state index in [-0.39, 0.29) is 17.8 Å². The normalized spacial score (nSPS) is 11.5. The molecular weight excluding hydrogens is 310 g/mol. The number of nitrogens with one attached hydrogen (secondary N) is 1. The highest BCUT2D eigenvalue weighted by Crippen LogP contribution is 2.19. The molecule has 0 unspecified atom stereocenters. The molecule has 2 aromatic carbocycles. The van der Waals surface area contributed by atoms with E-state index in [0.717, 1.165) is 11.1 Å². The molecule has 5 heteroatoms. The van der Waals surface area contributed by atoms with Gasteiger partial charge >= 0.3 is 6.09 Å². The number of carbonyl (C=O) groups is 2. The van der Waals surface area contributed by atoms with Crippen molar-refractivity contribution in [1.82, 2.24) is 5.32 Å². The summed E-state index contributed by atoms with van der Waals surface area (Å²) < 4.78 is 5.24. The summed E-state index contributed by atoms with van der Waals surface area (Å²) >= 11 is 1.18. The van der Waals surface area contributed by atoms with Crippen LogP contribution in [-0.4, -0.2) is 17.0 Å². The summed E-state index contributed by atoms with van der Waals surface area (Å²) in [6, 6.07) is 18.8. The van der Waals surface area contributed by atoms with Gasteiger partial charge in [-0.15, -0.1) is 0 Å². The first kappa shape index (κ1) is 17.1. The van der Waals surface area contributed by atoms with Gasteiger partial charge in [-0.3, -0.25) is 4.79 Å². The van der Waals surface area contributed by atoms with Crippen LogP contribution in [-0.2, 0) is 16.1 Å². The van der Waals surface area contributed by atoms with Crippen LogP contribution in [0.15, 0.2) is 60.7 Å². The minimum atomic E-state index is -0.494. The number of hydrogen-bond donors (Lipinski definition) is 1. The van der Waals surface area contributed by atoms with Gasteiger partial charge in [0.1, 0.15) is 6.61 Å². The summed E-state index contributed by atoms with van der Waals surface area (Å²) in [7, 11) is 0. The van der Waals surface area contributed by atoms with Crippen LogP contribution in [0.5, 0.6) is 0 Å². The van der Waals surface area contributed by atoms with Crippen LogP contribution in [0.3, 0.4) is 0 Å². The van der Waals surface area contributed by atoms with Gasteiger partial charge in [0.05, 0.1) is 6.04 Å². The van der Waals surface area contributed by atoms with Crippen LogP contribution in [0, 0.1) is 0 Å². The third-order valence-corrected chi connectivity index (χ3v) is 4.07. The molecule has 2 aromatic rings. The SMILES string of the molecule is CC(=O)SC[C@@H](NC(=O)OCc1ccccc1)c1ccccc1. The number of alkyl carbamates (subject to hydrolysis) is 1. The number of ether oxygens (including phenoxy) is 1. The number of carbonyl (C=O) groups excluding carboxylic acids is 2. The largest absolute Gasteiger partial charge is 0.445 e. The lowest BCUT2D eigenvalue weighted by Gasteiger charge is -2.18. The van der Waals surface area contributed by atoms with Crippen molar-refractivity contribution < 1.29 is 14.3 Å². The summed E-state index contributed by atoms with van der Waals surface area (Å²) in [6.45, 7) is 1.73. The van der Waals surface area contributed by atoms with Gasteiger partial charge in [-0.25, -0.2) is 4.79 Å². The minimum Gasteiger partial charge on any atom is -0.445 e. The van der Waals surface area contributed by atoms with Gasteiger partial charge in [-0.1, -0.05) is 72.4 Å². The lowest BCUT2D eigenvalue weighted by Crippen LogP contribution is -2.30. The van der Waals surface area contributed by atoms with Crippen molar-refractivity contribution in [2.24, 2.45) is 0 Å². The number of amides is 1. The molecule has 23 heavy (non-hydrogen) atoms. The molecule has 0 saturated carbocycles. The number of rotatable bonds is 6. The van der Waals surface area contributed by atoms with Crippen molar-refractivity contribution in [1.29, 1.82) is 0 Å². The fourth-order valence-electron chi connectivity index (χ4n) is 2.01. The van der Waals surface area contributed by atoms with E-state index >= 15 is 0 Å². The average molecular weight is 329 g/mol. The smallest absolute Gasteiger partial charge is 0.407 e. The predicted molar refractivity (Wildman–Crippen MR) is 92.1 cm³/mol. The molecule has 4 nitrogen and oxygen atoms in total. The predicted octanol–water partition coefficient (Wildman–Crippen LogP) is 3.93. The van der Waals surface area contributed by atoms with E-state index < -0.39 is 6.09 Å². The Morgan fingerprint density at radius 3 is 2.26 bits per heavy atom. The maximum atomic E-state index is 12.0. The Bertz CT molecular complexity index is 631. The molecule has 0 aromatic heterocycles. The number of thioether (sulfide) groups is 1. The van der Waals surface area contributed by atoms with E-state index in [9.17, 15) is 9.59 Å². The first-order chi connectivity index (χ1) is 11.1. The number of hydrogen-bond acceptors (Lipinski definition) is 4. The third-order valence-electron chi connectivity index (χ3n) is 3.16. The molecule has 0 aliphatic carbocycles. The average Bonchev–Trinajstić information content (AvgIpc) is 2.58. The molecule has 1 N–H and O–H groups in total. The van der Waals surface area contributed by atoms with Crippen LogP contribution < -0.4 is 5.32 Å². The van der Waals surface area contributed by atoms with E-state index in [0.29, 0.717) is 5.75 Å². The van der Waals surface area contributed by atoms with Gasteiger partial charge in [0, 0.05) is 12.7 Å². The van der Waals surface area contributed by atoms with Crippen LogP contribution in [0.1, 0.15) is 24.1 Å². The van der Waals surface area contributed by atoms with Crippen LogP contribution in [0.25, 0.3) is 0 Å². The summed E-state index contributed by atoms with van der Waals surface area (Å²) in [5, 5.41) is 2.84. The van der Waals surface area contributed by atoms with Crippen molar-refractivity contribution in [2.75, 3.05) is 5.75 Å². The van der Waals surface area contributed by atoms with Crippen LogP contribution in [0.4, 0.5) is 4.79 Å². The molecule has 0 saturated heterocycles. The third kappa shape index (κ3) is 6.16. The molecule has 1 amide bonds. The first-order valence-corrected chi connectivity index (χ1v) is 8.29. The highest BCUT2D eigenvalue weighted by atomic mass is 32.2. The fraction of sp³-hybridized carbons (Fsp3) is 0.222. The Hall–Kier alpha value is -2.27. The van der Waals surface area contributed by atoms with Gasteiger partial charge in [-0.2, -0.15) is 0 Å². The highest BCUT2D eigenvalue weighted by Gasteiger charge is 2.16. The molecule has 0 aliphatic heterocycles. The number of benzene rings is 2. The minimum absolute atomic E-state index is 0.0189. The summed E-state index contributed by atoms with van der Waals surface area (Å²) in [5.74, 6) is 0.472. The van der Waals surface area contributed by atoms with E-state index in [1.54, 1.807) is 0 Å². The van der Waals surface area contributed by atoms with Crippen molar-refractivity contribution in [3.8, 4) is 0 Å². The molecule has 0 fully saturated rings. The van der Waals surface area contributed by atoms with Crippen molar-refractivity contribution in [3.63, 3.8) is 0 Å². The highest BCUT2D eigenvalue weighted by molar-refractivity contribution is 8.13. The summed E-state index contributed by atoms with van der Waals surface area (Å²) in [6.07, 6.45) is -0.494. The molecule has 120 valence electrons. The monoisotopic (exact) mass is 329 g/mol. The Kier molecular flexibility index (Phi) is 6.69. The maximum Gasteiger partial charge on any atom is 0.407 e. The Morgan fingerprint density at radius 1 is 1.04 bits per heavy atom. The molecule has 0 radical (unpaired) electrons. The van der Waals surface area contributed by atoms with E-state index in [2.05, 4.69) is 5.32 Å². The first-order valence-electron chi connectivity index (χ1n) is 7.30. The zero-order valence-corrected chi connectivity index (χ0v) is 13.7.